The van der Waals surface area contributed by atoms with Gasteiger partial charge in [0, 0.05) is 19.6 Å². The molecule has 1 amide bonds. The van der Waals surface area contributed by atoms with Gasteiger partial charge in [-0.15, -0.1) is 0 Å². The Morgan fingerprint density at radius 1 is 1.32 bits per heavy atom. The molecular weight excluding hydrogens is 322 g/mol. The van der Waals surface area contributed by atoms with Gasteiger partial charge in [-0.1, -0.05) is 12.1 Å². The van der Waals surface area contributed by atoms with Crippen LogP contribution >= 0.6 is 0 Å². The van der Waals surface area contributed by atoms with E-state index in [4.69, 9.17) is 20.9 Å². The topological polar surface area (TPSA) is 115 Å². The fourth-order valence-corrected chi connectivity index (χ4v) is 2.46. The standard InChI is InChI=1S/C17H27N5O3/c18-16(23)13-25-15-4-1-3-14(11-15)12-21-17(19)20-5-2-6-22-7-9-24-10-8-22/h1,3-4,11H,2,5-10,12-13H2,(H2,18,23)(H3,19,20,21). The molecule has 5 N–H and O–H groups in total. The second kappa shape index (κ2) is 10.5. The van der Waals surface area contributed by atoms with Gasteiger partial charge in [-0.25, -0.2) is 4.99 Å². The van der Waals surface area contributed by atoms with E-state index in [1.807, 2.05) is 18.2 Å². The first-order valence-electron chi connectivity index (χ1n) is 8.47. The second-order valence-corrected chi connectivity index (χ2v) is 5.84. The first-order valence-corrected chi connectivity index (χ1v) is 8.47. The predicted octanol–water partition coefficient (Wildman–Crippen LogP) is -0.323. The molecule has 8 heteroatoms. The average molecular weight is 349 g/mol. The lowest BCUT2D eigenvalue weighted by Crippen LogP contribution is -2.39. The summed E-state index contributed by atoms with van der Waals surface area (Å²) in [4.78, 5) is 17.4. The van der Waals surface area contributed by atoms with Gasteiger partial charge in [-0.05, 0) is 30.7 Å². The zero-order valence-corrected chi connectivity index (χ0v) is 14.4. The molecule has 25 heavy (non-hydrogen) atoms. The van der Waals surface area contributed by atoms with Crippen molar-refractivity contribution in [1.82, 2.24) is 10.2 Å². The zero-order chi connectivity index (χ0) is 17.9. The third-order valence-electron chi connectivity index (χ3n) is 3.77. The van der Waals surface area contributed by atoms with Crippen molar-refractivity contribution in [2.75, 3.05) is 46.0 Å². The fraction of sp³-hybridized carbons (Fsp3) is 0.529. The van der Waals surface area contributed by atoms with Crippen LogP contribution in [0.3, 0.4) is 0 Å². The van der Waals surface area contributed by atoms with E-state index in [2.05, 4.69) is 15.2 Å². The van der Waals surface area contributed by atoms with Gasteiger partial charge in [0.15, 0.2) is 12.6 Å². The first kappa shape index (κ1) is 19.0. The highest BCUT2D eigenvalue weighted by Gasteiger charge is 2.09. The van der Waals surface area contributed by atoms with Crippen molar-refractivity contribution in [3.05, 3.63) is 29.8 Å². The van der Waals surface area contributed by atoms with Gasteiger partial charge in [0.1, 0.15) is 5.75 Å². The molecule has 0 atom stereocenters. The number of carbonyl (C=O) groups excluding carboxylic acids is 1. The lowest BCUT2D eigenvalue weighted by molar-refractivity contribution is -0.119. The van der Waals surface area contributed by atoms with E-state index in [9.17, 15) is 4.79 Å². The quantitative estimate of drug-likeness (QED) is 0.320. The van der Waals surface area contributed by atoms with Gasteiger partial charge < -0.3 is 26.3 Å². The normalized spacial score (nSPS) is 15.8. The maximum absolute atomic E-state index is 10.7. The number of amides is 1. The highest BCUT2D eigenvalue weighted by Crippen LogP contribution is 2.13. The summed E-state index contributed by atoms with van der Waals surface area (Å²) in [5.41, 5.74) is 11.9. The molecule has 1 aliphatic rings. The van der Waals surface area contributed by atoms with E-state index in [1.165, 1.54) is 0 Å². The molecule has 0 spiro atoms. The van der Waals surface area contributed by atoms with Crippen molar-refractivity contribution in [1.29, 1.82) is 0 Å². The maximum atomic E-state index is 10.7. The predicted molar refractivity (Wildman–Crippen MR) is 96.3 cm³/mol. The Labute approximate surface area is 148 Å². The monoisotopic (exact) mass is 349 g/mol. The van der Waals surface area contributed by atoms with E-state index in [-0.39, 0.29) is 6.61 Å². The van der Waals surface area contributed by atoms with E-state index in [0.29, 0.717) is 18.3 Å². The summed E-state index contributed by atoms with van der Waals surface area (Å²) in [7, 11) is 0. The van der Waals surface area contributed by atoms with Crippen molar-refractivity contribution in [2.45, 2.75) is 13.0 Å². The Morgan fingerprint density at radius 3 is 2.88 bits per heavy atom. The van der Waals surface area contributed by atoms with Crippen molar-refractivity contribution in [3.8, 4) is 5.75 Å². The number of carbonyl (C=O) groups is 1. The van der Waals surface area contributed by atoms with Crippen LogP contribution in [0.4, 0.5) is 0 Å². The Balaban J connectivity index is 1.67. The number of rotatable bonds is 9. The molecule has 1 aromatic rings. The molecule has 0 saturated carbocycles. The van der Waals surface area contributed by atoms with Gasteiger partial charge >= 0.3 is 0 Å². The summed E-state index contributed by atoms with van der Waals surface area (Å²) in [6.07, 6.45) is 1.01. The Morgan fingerprint density at radius 2 is 2.12 bits per heavy atom. The highest BCUT2D eigenvalue weighted by atomic mass is 16.5. The minimum Gasteiger partial charge on any atom is -0.484 e. The minimum atomic E-state index is -0.506. The molecule has 1 saturated heterocycles. The minimum absolute atomic E-state index is 0.139. The Hall–Kier alpha value is -2.32. The van der Waals surface area contributed by atoms with Crippen LogP contribution in [0.5, 0.6) is 5.75 Å². The molecule has 0 bridgehead atoms. The van der Waals surface area contributed by atoms with Crippen molar-refractivity contribution < 1.29 is 14.3 Å². The molecule has 0 aromatic heterocycles. The smallest absolute Gasteiger partial charge is 0.255 e. The molecular formula is C17H27N5O3. The van der Waals surface area contributed by atoms with Crippen LogP contribution < -0.4 is 21.5 Å². The van der Waals surface area contributed by atoms with Crippen LogP contribution in [0.2, 0.25) is 0 Å². The second-order valence-electron chi connectivity index (χ2n) is 5.84. The number of morpholine rings is 1. The zero-order valence-electron chi connectivity index (χ0n) is 14.4. The Bertz CT molecular complexity index is 573. The summed E-state index contributed by atoms with van der Waals surface area (Å²) in [5, 5.41) is 3.12. The maximum Gasteiger partial charge on any atom is 0.255 e. The number of primary amides is 1. The molecule has 1 heterocycles. The van der Waals surface area contributed by atoms with Gasteiger partial charge in [-0.2, -0.15) is 0 Å². The largest absolute Gasteiger partial charge is 0.484 e. The van der Waals surface area contributed by atoms with Gasteiger partial charge in [0.2, 0.25) is 0 Å². The van der Waals surface area contributed by atoms with E-state index >= 15 is 0 Å². The number of guanidine groups is 1. The molecule has 138 valence electrons. The molecule has 1 fully saturated rings. The van der Waals surface area contributed by atoms with Gasteiger partial charge in [0.25, 0.3) is 5.91 Å². The van der Waals surface area contributed by atoms with Gasteiger partial charge in [0.05, 0.1) is 19.8 Å². The first-order chi connectivity index (χ1) is 12.1. The lowest BCUT2D eigenvalue weighted by Gasteiger charge is -2.26. The average Bonchev–Trinajstić information content (AvgIpc) is 2.63. The van der Waals surface area contributed by atoms with Crippen LogP contribution in [0, 0.1) is 0 Å². The number of nitrogens with one attached hydrogen (secondary N) is 1. The molecule has 8 nitrogen and oxygen atoms in total. The number of nitrogens with two attached hydrogens (primary N) is 2. The molecule has 2 rings (SSSR count). The van der Waals surface area contributed by atoms with Crippen LogP contribution in [-0.4, -0.2) is 62.8 Å². The van der Waals surface area contributed by atoms with Crippen molar-refractivity contribution >= 4 is 11.9 Å². The molecule has 1 aliphatic heterocycles. The Kier molecular flexibility index (Phi) is 8.00. The molecule has 0 aliphatic carbocycles. The number of benzene rings is 1. The molecule has 1 aromatic carbocycles. The summed E-state index contributed by atoms with van der Waals surface area (Å²) >= 11 is 0. The van der Waals surface area contributed by atoms with Crippen LogP contribution in [0.25, 0.3) is 0 Å². The number of hydrogen-bond donors (Lipinski definition) is 3. The lowest BCUT2D eigenvalue weighted by atomic mass is 10.2. The van der Waals surface area contributed by atoms with Gasteiger partial charge in [-0.3, -0.25) is 9.69 Å². The van der Waals surface area contributed by atoms with Crippen LogP contribution in [-0.2, 0) is 16.1 Å². The van der Waals surface area contributed by atoms with E-state index < -0.39 is 5.91 Å². The summed E-state index contributed by atoms with van der Waals surface area (Å²) < 4.78 is 10.6. The molecule has 0 unspecified atom stereocenters. The van der Waals surface area contributed by atoms with Crippen molar-refractivity contribution in [3.63, 3.8) is 0 Å². The van der Waals surface area contributed by atoms with E-state index in [0.717, 1.165) is 51.4 Å². The summed E-state index contributed by atoms with van der Waals surface area (Å²) in [6.45, 7) is 5.75. The van der Waals surface area contributed by atoms with Crippen LogP contribution in [0.15, 0.2) is 29.3 Å². The number of nitrogens with zero attached hydrogens (tertiary/aromatic N) is 2. The SMILES string of the molecule is NC(=O)COc1cccc(CN=C(N)NCCCN2CCOCC2)c1. The number of ether oxygens (including phenoxy) is 2. The summed E-state index contributed by atoms with van der Waals surface area (Å²) in [6, 6.07) is 7.35. The number of aliphatic imine (C=N–C) groups is 1. The highest BCUT2D eigenvalue weighted by molar-refractivity contribution is 5.77. The number of hydrogen-bond acceptors (Lipinski definition) is 5. The third-order valence-corrected chi connectivity index (χ3v) is 3.77. The summed E-state index contributed by atoms with van der Waals surface area (Å²) in [5.74, 6) is 0.503. The van der Waals surface area contributed by atoms with Crippen LogP contribution in [0.1, 0.15) is 12.0 Å². The van der Waals surface area contributed by atoms with Crippen molar-refractivity contribution in [2.24, 2.45) is 16.5 Å². The fourth-order valence-electron chi connectivity index (χ4n) is 2.46. The van der Waals surface area contributed by atoms with E-state index in [1.54, 1.807) is 6.07 Å². The molecule has 0 radical (unpaired) electrons. The third kappa shape index (κ3) is 7.86.